The molecule has 0 spiro atoms. The number of hydrogen-bond donors (Lipinski definition) is 0. The highest BCUT2D eigenvalue weighted by Gasteiger charge is 2.34. The van der Waals surface area contributed by atoms with E-state index in [0.717, 1.165) is 41.1 Å². The van der Waals surface area contributed by atoms with Gasteiger partial charge in [-0.3, -0.25) is 4.31 Å². The predicted octanol–water partition coefficient (Wildman–Crippen LogP) is 3.91. The summed E-state index contributed by atoms with van der Waals surface area (Å²) >= 11 is 3.40. The van der Waals surface area contributed by atoms with Crippen LogP contribution in [0, 0.1) is 0 Å². The van der Waals surface area contributed by atoms with Crippen molar-refractivity contribution >= 4 is 42.4 Å². The van der Waals surface area contributed by atoms with Gasteiger partial charge in [0.15, 0.2) is 0 Å². The van der Waals surface area contributed by atoms with Crippen LogP contribution in [0.3, 0.4) is 0 Å². The molecule has 2 aromatic rings. The number of anilines is 1. The molecular weight excluding hydrogens is 338 g/mol. The van der Waals surface area contributed by atoms with Gasteiger partial charge in [-0.25, -0.2) is 8.42 Å². The van der Waals surface area contributed by atoms with Gasteiger partial charge in [0, 0.05) is 17.3 Å². The summed E-state index contributed by atoms with van der Waals surface area (Å²) in [7, 11) is -3.36. The molecule has 0 fully saturated rings. The molecule has 0 amide bonds. The van der Waals surface area contributed by atoms with Gasteiger partial charge in [0.1, 0.15) is 0 Å². The van der Waals surface area contributed by atoms with Gasteiger partial charge in [-0.2, -0.15) is 0 Å². The first-order chi connectivity index (χ1) is 9.66. The Morgan fingerprint density at radius 1 is 1.00 bits per heavy atom. The van der Waals surface area contributed by atoms with Crippen molar-refractivity contribution in [1.82, 2.24) is 0 Å². The molecule has 0 bridgehead atoms. The van der Waals surface area contributed by atoms with Crippen LogP contribution < -0.4 is 4.31 Å². The van der Waals surface area contributed by atoms with Crippen molar-refractivity contribution < 1.29 is 8.42 Å². The van der Waals surface area contributed by atoms with Crippen LogP contribution in [0.15, 0.2) is 41.3 Å². The van der Waals surface area contributed by atoms with Crippen LogP contribution in [0.25, 0.3) is 10.8 Å². The SMILES string of the molecule is O=S1(=O)c2cccc3cccc(c23)N1CCCCCBr. The third kappa shape index (κ3) is 2.13. The molecule has 0 N–H and O–H groups in total. The van der Waals surface area contributed by atoms with Crippen LogP contribution in [0.1, 0.15) is 19.3 Å². The van der Waals surface area contributed by atoms with Crippen LogP contribution in [0.4, 0.5) is 5.69 Å². The van der Waals surface area contributed by atoms with Gasteiger partial charge < -0.3 is 0 Å². The molecular formula is C15H16BrNO2S. The van der Waals surface area contributed by atoms with Crippen LogP contribution in [0.2, 0.25) is 0 Å². The predicted molar refractivity (Wildman–Crippen MR) is 86.1 cm³/mol. The Bertz CT molecular complexity index is 737. The van der Waals surface area contributed by atoms with Crippen LogP contribution in [-0.2, 0) is 10.0 Å². The van der Waals surface area contributed by atoms with E-state index in [-0.39, 0.29) is 0 Å². The van der Waals surface area contributed by atoms with E-state index in [1.54, 1.807) is 10.4 Å². The molecule has 0 saturated heterocycles. The number of nitrogens with zero attached hydrogens (tertiary/aromatic N) is 1. The number of sulfonamides is 1. The first-order valence-corrected chi connectivity index (χ1v) is 9.33. The highest BCUT2D eigenvalue weighted by Crippen LogP contribution is 2.41. The largest absolute Gasteiger partial charge is 0.266 e. The molecule has 5 heteroatoms. The van der Waals surface area contributed by atoms with E-state index in [1.165, 1.54) is 0 Å². The van der Waals surface area contributed by atoms with E-state index < -0.39 is 10.0 Å². The molecule has 20 heavy (non-hydrogen) atoms. The highest BCUT2D eigenvalue weighted by atomic mass is 79.9. The molecule has 2 aromatic carbocycles. The zero-order chi connectivity index (χ0) is 14.2. The lowest BCUT2D eigenvalue weighted by Gasteiger charge is -2.18. The van der Waals surface area contributed by atoms with Crippen molar-refractivity contribution in [3.05, 3.63) is 36.4 Å². The molecule has 0 unspecified atom stereocenters. The van der Waals surface area contributed by atoms with Gasteiger partial charge >= 0.3 is 0 Å². The fourth-order valence-corrected chi connectivity index (χ4v) is 4.87. The average Bonchev–Trinajstić information content (AvgIpc) is 2.67. The normalized spacial score (nSPS) is 15.9. The van der Waals surface area contributed by atoms with Crippen LogP contribution in [0.5, 0.6) is 0 Å². The Morgan fingerprint density at radius 3 is 2.50 bits per heavy atom. The molecule has 3 rings (SSSR count). The lowest BCUT2D eigenvalue weighted by atomic mass is 10.1. The molecule has 0 saturated carbocycles. The van der Waals surface area contributed by atoms with Crippen LogP contribution in [-0.4, -0.2) is 20.3 Å². The standard InChI is InChI=1S/C15H16BrNO2S/c16-10-2-1-3-11-17-13-8-4-6-12-7-5-9-14(15(12)13)20(17,18)19/h4-9H,1-3,10-11H2. The smallest absolute Gasteiger partial charge is 0.265 e. The Labute approximate surface area is 127 Å². The summed E-state index contributed by atoms with van der Waals surface area (Å²) in [5, 5.41) is 2.83. The van der Waals surface area contributed by atoms with E-state index in [2.05, 4.69) is 15.9 Å². The van der Waals surface area contributed by atoms with Crippen LogP contribution >= 0.6 is 15.9 Å². The number of hydrogen-bond acceptors (Lipinski definition) is 2. The number of halogens is 1. The summed E-state index contributed by atoms with van der Waals surface area (Å²) in [5.41, 5.74) is 0.831. The van der Waals surface area contributed by atoms with E-state index in [9.17, 15) is 8.42 Å². The van der Waals surface area contributed by atoms with E-state index >= 15 is 0 Å². The summed E-state index contributed by atoms with van der Waals surface area (Å²) in [6, 6.07) is 11.3. The molecule has 106 valence electrons. The molecule has 0 atom stereocenters. The monoisotopic (exact) mass is 353 g/mol. The molecule has 0 radical (unpaired) electrons. The number of unbranched alkanes of at least 4 members (excludes halogenated alkanes) is 2. The van der Waals surface area contributed by atoms with Gasteiger partial charge in [0.2, 0.25) is 0 Å². The highest BCUT2D eigenvalue weighted by molar-refractivity contribution is 9.09. The fraction of sp³-hybridized carbons (Fsp3) is 0.333. The van der Waals surface area contributed by atoms with Gasteiger partial charge in [0.25, 0.3) is 10.0 Å². The van der Waals surface area contributed by atoms with E-state index in [4.69, 9.17) is 0 Å². The Balaban J connectivity index is 2.00. The molecule has 1 aliphatic heterocycles. The minimum Gasteiger partial charge on any atom is -0.266 e. The first-order valence-electron chi connectivity index (χ1n) is 6.77. The summed E-state index contributed by atoms with van der Waals surface area (Å²) in [6.07, 6.45) is 2.99. The maximum atomic E-state index is 12.6. The topological polar surface area (TPSA) is 37.4 Å². The molecule has 1 aliphatic rings. The first kappa shape index (κ1) is 13.9. The second-order valence-corrected chi connectivity index (χ2v) is 7.58. The van der Waals surface area contributed by atoms with E-state index in [0.29, 0.717) is 11.4 Å². The third-order valence-corrected chi connectivity index (χ3v) is 6.09. The summed E-state index contributed by atoms with van der Waals surface area (Å²) < 4.78 is 26.9. The number of benzene rings is 2. The van der Waals surface area contributed by atoms with Gasteiger partial charge in [0.05, 0.1) is 10.6 Å². The third-order valence-electron chi connectivity index (χ3n) is 3.68. The lowest BCUT2D eigenvalue weighted by molar-refractivity contribution is 0.590. The van der Waals surface area contributed by atoms with Crippen molar-refractivity contribution in [3.8, 4) is 0 Å². The van der Waals surface area contributed by atoms with Gasteiger partial charge in [-0.1, -0.05) is 46.6 Å². The summed E-state index contributed by atoms with van der Waals surface area (Å²) in [6.45, 7) is 0.559. The van der Waals surface area contributed by atoms with Crippen molar-refractivity contribution in [2.45, 2.75) is 24.2 Å². The second kappa shape index (κ2) is 5.37. The van der Waals surface area contributed by atoms with Crippen molar-refractivity contribution in [1.29, 1.82) is 0 Å². The summed E-state index contributed by atoms with van der Waals surface area (Å²) in [4.78, 5) is 0.450. The quantitative estimate of drug-likeness (QED) is 0.603. The number of alkyl halides is 1. The van der Waals surface area contributed by atoms with E-state index in [1.807, 2.05) is 30.3 Å². The zero-order valence-electron chi connectivity index (χ0n) is 11.0. The Hall–Kier alpha value is -1.07. The lowest BCUT2D eigenvalue weighted by Crippen LogP contribution is -2.28. The van der Waals surface area contributed by atoms with Gasteiger partial charge in [-0.05, 0) is 30.4 Å². The Kier molecular flexibility index (Phi) is 3.73. The zero-order valence-corrected chi connectivity index (χ0v) is 13.5. The average molecular weight is 354 g/mol. The minimum absolute atomic E-state index is 0.450. The van der Waals surface area contributed by atoms with Gasteiger partial charge in [-0.15, -0.1) is 0 Å². The molecule has 3 nitrogen and oxygen atoms in total. The molecule has 0 aromatic heterocycles. The molecule has 1 heterocycles. The Morgan fingerprint density at radius 2 is 1.75 bits per heavy atom. The molecule has 0 aliphatic carbocycles. The maximum absolute atomic E-state index is 12.6. The maximum Gasteiger partial charge on any atom is 0.265 e. The van der Waals surface area contributed by atoms with Crippen molar-refractivity contribution in [2.75, 3.05) is 16.2 Å². The van der Waals surface area contributed by atoms with Crippen molar-refractivity contribution in [2.24, 2.45) is 0 Å². The minimum atomic E-state index is -3.36. The second-order valence-electron chi connectivity index (χ2n) is 4.96. The number of rotatable bonds is 5. The fourth-order valence-electron chi connectivity index (χ4n) is 2.73. The summed E-state index contributed by atoms with van der Waals surface area (Å²) in [5.74, 6) is 0. The van der Waals surface area contributed by atoms with Crippen molar-refractivity contribution in [3.63, 3.8) is 0 Å².